The average Bonchev–Trinajstić information content (AvgIpc) is 2.69. The number of benzene rings is 1. The highest BCUT2D eigenvalue weighted by molar-refractivity contribution is 5.98. The molecule has 1 heterocycles. The number of esters is 1. The maximum atomic E-state index is 12.9. The molecule has 0 radical (unpaired) electrons. The van der Waals surface area contributed by atoms with Crippen molar-refractivity contribution >= 4 is 23.3 Å². The van der Waals surface area contributed by atoms with E-state index in [9.17, 15) is 9.59 Å². The molecule has 0 unspecified atom stereocenters. The second kappa shape index (κ2) is 8.71. The molecule has 1 amide bonds. The monoisotopic (exact) mass is 375 g/mol. The van der Waals surface area contributed by atoms with Crippen LogP contribution in [-0.2, 0) is 14.3 Å². The zero-order valence-corrected chi connectivity index (χ0v) is 16.1. The van der Waals surface area contributed by atoms with E-state index in [1.165, 1.54) is 0 Å². The van der Waals surface area contributed by atoms with E-state index >= 15 is 0 Å². The quantitative estimate of drug-likeness (QED) is 0.482. The topological polar surface area (TPSA) is 85.1 Å². The second-order valence-electron chi connectivity index (χ2n) is 7.21. The number of carbonyl (C=O) groups excluding carboxylic acids is 2. The minimum Gasteiger partial charge on any atom is -0.422 e. The zero-order valence-electron chi connectivity index (χ0n) is 16.1. The lowest BCUT2D eigenvalue weighted by atomic mass is 9.91. The van der Waals surface area contributed by atoms with Crippen LogP contribution in [0.5, 0.6) is 5.75 Å². The second-order valence-corrected chi connectivity index (χ2v) is 7.21. The van der Waals surface area contributed by atoms with Crippen molar-refractivity contribution < 1.29 is 19.1 Å². The maximum Gasteiger partial charge on any atom is 0.311 e. The Morgan fingerprint density at radius 3 is 2.59 bits per heavy atom. The number of nitrogens with two attached hydrogens (primary N) is 1. The Morgan fingerprint density at radius 2 is 1.96 bits per heavy atom. The number of hydrogen-bond donors (Lipinski definition) is 1. The molecular formula is C20H29N3O4. The smallest absolute Gasteiger partial charge is 0.311 e. The molecule has 1 aliphatic heterocycles. The van der Waals surface area contributed by atoms with E-state index < -0.39 is 0 Å². The molecule has 1 aromatic carbocycles. The van der Waals surface area contributed by atoms with Crippen molar-refractivity contribution in [3.8, 4) is 5.75 Å². The van der Waals surface area contributed by atoms with Gasteiger partial charge in [-0.3, -0.25) is 14.5 Å². The van der Waals surface area contributed by atoms with Gasteiger partial charge in [-0.15, -0.1) is 0 Å². The summed E-state index contributed by atoms with van der Waals surface area (Å²) in [5.74, 6) is -0.0728. The first-order valence-electron chi connectivity index (χ1n) is 9.69. The molecule has 1 saturated carbocycles. The van der Waals surface area contributed by atoms with Gasteiger partial charge in [-0.1, -0.05) is 13.0 Å². The highest BCUT2D eigenvalue weighted by atomic mass is 16.5. The van der Waals surface area contributed by atoms with Crippen molar-refractivity contribution in [3.05, 3.63) is 18.2 Å². The molecular weight excluding hydrogens is 346 g/mol. The summed E-state index contributed by atoms with van der Waals surface area (Å²) < 4.78 is 10.9. The van der Waals surface area contributed by atoms with Crippen molar-refractivity contribution in [3.63, 3.8) is 0 Å². The van der Waals surface area contributed by atoms with Gasteiger partial charge in [0, 0.05) is 32.7 Å². The molecule has 7 heteroatoms. The number of piperazine rings is 1. The first-order chi connectivity index (χ1) is 13.0. The number of hydrogen-bond acceptors (Lipinski definition) is 6. The van der Waals surface area contributed by atoms with E-state index in [2.05, 4.69) is 4.90 Å². The fraction of sp³-hybridized carbons (Fsp3) is 0.600. The van der Waals surface area contributed by atoms with Gasteiger partial charge in [0.25, 0.3) is 0 Å². The SMILES string of the molecule is CCC(=O)Oc1c(N)cccc1N1CCN(C2CCC(OC)CC2)CC1=O. The Hall–Kier alpha value is -2.12. The number of ether oxygens (including phenoxy) is 2. The normalized spacial score (nSPS) is 24.1. The van der Waals surface area contributed by atoms with Gasteiger partial charge in [0.2, 0.25) is 5.91 Å². The van der Waals surface area contributed by atoms with Crippen molar-refractivity contribution in [1.29, 1.82) is 0 Å². The molecule has 27 heavy (non-hydrogen) atoms. The highest BCUT2D eigenvalue weighted by Crippen LogP contribution is 2.36. The fourth-order valence-corrected chi connectivity index (χ4v) is 3.96. The Balaban J connectivity index is 1.69. The Morgan fingerprint density at radius 1 is 1.22 bits per heavy atom. The van der Waals surface area contributed by atoms with E-state index in [-0.39, 0.29) is 24.0 Å². The molecule has 7 nitrogen and oxygen atoms in total. The summed E-state index contributed by atoms with van der Waals surface area (Å²) in [4.78, 5) is 28.6. The summed E-state index contributed by atoms with van der Waals surface area (Å²) in [7, 11) is 1.77. The molecule has 1 saturated heterocycles. The molecule has 2 N–H and O–H groups in total. The summed E-state index contributed by atoms with van der Waals surface area (Å²) in [5, 5.41) is 0. The predicted octanol–water partition coefficient (Wildman–Crippen LogP) is 2.19. The van der Waals surface area contributed by atoms with Crippen LogP contribution in [0, 0.1) is 0 Å². The molecule has 148 valence electrons. The first-order valence-corrected chi connectivity index (χ1v) is 9.69. The fourth-order valence-electron chi connectivity index (χ4n) is 3.96. The van der Waals surface area contributed by atoms with Crippen LogP contribution in [0.2, 0.25) is 0 Å². The van der Waals surface area contributed by atoms with Crippen LogP contribution in [0.3, 0.4) is 0 Å². The summed E-state index contributed by atoms with van der Waals surface area (Å²) in [6, 6.07) is 5.67. The third-order valence-corrected chi connectivity index (χ3v) is 5.56. The van der Waals surface area contributed by atoms with E-state index in [0.29, 0.717) is 36.6 Å². The molecule has 2 aliphatic rings. The van der Waals surface area contributed by atoms with E-state index in [0.717, 1.165) is 32.2 Å². The van der Waals surface area contributed by atoms with Gasteiger partial charge in [-0.2, -0.15) is 0 Å². The van der Waals surface area contributed by atoms with Crippen molar-refractivity contribution in [1.82, 2.24) is 4.90 Å². The number of methoxy groups -OCH3 is 1. The largest absolute Gasteiger partial charge is 0.422 e. The number of carbonyl (C=O) groups is 2. The summed E-state index contributed by atoms with van der Waals surface area (Å²) in [6.07, 6.45) is 4.80. The Bertz CT molecular complexity index is 686. The minimum absolute atomic E-state index is 0.00881. The molecule has 1 aliphatic carbocycles. The molecule has 1 aromatic rings. The standard InChI is InChI=1S/C20H29N3O4/c1-3-19(25)27-20-16(21)5-4-6-17(20)23-12-11-22(13-18(23)24)14-7-9-15(26-2)10-8-14/h4-6,14-15H,3,7-13,21H2,1-2H3. The van der Waals surface area contributed by atoms with Crippen LogP contribution in [0.25, 0.3) is 0 Å². The van der Waals surface area contributed by atoms with Gasteiger partial charge in [0.1, 0.15) is 0 Å². The van der Waals surface area contributed by atoms with Crippen LogP contribution in [0.1, 0.15) is 39.0 Å². The van der Waals surface area contributed by atoms with Crippen molar-refractivity contribution in [2.24, 2.45) is 0 Å². The van der Waals surface area contributed by atoms with Gasteiger partial charge in [-0.05, 0) is 37.8 Å². The van der Waals surface area contributed by atoms with Crippen LogP contribution < -0.4 is 15.4 Å². The lowest BCUT2D eigenvalue weighted by Gasteiger charge is -2.41. The number of amides is 1. The number of para-hydroxylation sites is 1. The van der Waals surface area contributed by atoms with Crippen molar-refractivity contribution in [2.45, 2.75) is 51.2 Å². The van der Waals surface area contributed by atoms with Gasteiger partial charge in [0.15, 0.2) is 5.75 Å². The highest BCUT2D eigenvalue weighted by Gasteiger charge is 2.33. The number of nitrogens with zero attached hydrogens (tertiary/aromatic N) is 2. The zero-order chi connectivity index (χ0) is 19.4. The molecule has 0 bridgehead atoms. The molecule has 3 rings (SSSR count). The Labute approximate surface area is 160 Å². The molecule has 0 spiro atoms. The van der Waals surface area contributed by atoms with Crippen LogP contribution in [0.4, 0.5) is 11.4 Å². The van der Waals surface area contributed by atoms with Gasteiger partial charge < -0.3 is 20.1 Å². The summed E-state index contributed by atoms with van der Waals surface area (Å²) in [6.45, 7) is 3.45. The number of rotatable bonds is 5. The molecule has 0 atom stereocenters. The predicted molar refractivity (Wildman–Crippen MR) is 104 cm³/mol. The van der Waals surface area contributed by atoms with E-state index in [4.69, 9.17) is 15.2 Å². The number of nitrogen functional groups attached to an aromatic ring is 1. The summed E-state index contributed by atoms with van der Waals surface area (Å²) >= 11 is 0. The van der Waals surface area contributed by atoms with Crippen LogP contribution in [0.15, 0.2) is 18.2 Å². The van der Waals surface area contributed by atoms with Crippen molar-refractivity contribution in [2.75, 3.05) is 37.4 Å². The Kier molecular flexibility index (Phi) is 6.34. The first kappa shape index (κ1) is 19.6. The van der Waals surface area contributed by atoms with Gasteiger partial charge in [0.05, 0.1) is 24.0 Å². The minimum atomic E-state index is -0.366. The lowest BCUT2D eigenvalue weighted by molar-refractivity contribution is -0.134. The number of anilines is 2. The summed E-state index contributed by atoms with van der Waals surface area (Å²) in [5.41, 5.74) is 6.95. The third kappa shape index (κ3) is 4.42. The molecule has 0 aromatic heterocycles. The van der Waals surface area contributed by atoms with E-state index in [1.807, 2.05) is 0 Å². The van der Waals surface area contributed by atoms with Gasteiger partial charge >= 0.3 is 5.97 Å². The molecule has 2 fully saturated rings. The van der Waals surface area contributed by atoms with Gasteiger partial charge in [-0.25, -0.2) is 0 Å². The van der Waals surface area contributed by atoms with Crippen LogP contribution >= 0.6 is 0 Å². The maximum absolute atomic E-state index is 12.9. The van der Waals surface area contributed by atoms with E-state index in [1.54, 1.807) is 37.1 Å². The third-order valence-electron chi connectivity index (χ3n) is 5.56. The average molecular weight is 375 g/mol. The lowest BCUT2D eigenvalue weighted by Crippen LogP contribution is -2.54. The van der Waals surface area contributed by atoms with Crippen LogP contribution in [-0.4, -0.2) is 55.7 Å².